The molecule has 1 fully saturated rings. The second-order valence-corrected chi connectivity index (χ2v) is 12.5. The van der Waals surface area contributed by atoms with Crippen molar-refractivity contribution < 1.29 is 21.9 Å². The van der Waals surface area contributed by atoms with Crippen LogP contribution in [0.25, 0.3) is 0 Å². The van der Waals surface area contributed by atoms with Crippen molar-refractivity contribution in [3.8, 4) is 5.75 Å². The van der Waals surface area contributed by atoms with E-state index in [0.29, 0.717) is 32.0 Å². The van der Waals surface area contributed by atoms with E-state index in [2.05, 4.69) is 19.5 Å². The maximum atomic E-state index is 13.3. The summed E-state index contributed by atoms with van der Waals surface area (Å²) < 4.78 is 54.9. The lowest BCUT2D eigenvalue weighted by atomic mass is 10.1. The van der Waals surface area contributed by atoms with Gasteiger partial charge in [-0.15, -0.1) is 5.10 Å². The lowest BCUT2D eigenvalue weighted by molar-refractivity contribution is 0.440. The predicted molar refractivity (Wildman–Crippen MR) is 132 cm³/mol. The Bertz CT molecular complexity index is 1460. The van der Waals surface area contributed by atoms with Crippen molar-refractivity contribution in [2.45, 2.75) is 44.6 Å². The molecule has 1 aromatic heterocycles. The number of hydrogen-bond acceptors (Lipinski definition) is 9. The van der Waals surface area contributed by atoms with E-state index in [4.69, 9.17) is 0 Å². The smallest absolute Gasteiger partial charge is 0.281 e. The zero-order valence-corrected chi connectivity index (χ0v) is 21.3. The Kier molecular flexibility index (Phi) is 6.53. The number of aliphatic imine (C=N–C) groups is 1. The zero-order chi connectivity index (χ0) is 25.5. The van der Waals surface area contributed by atoms with Crippen molar-refractivity contribution in [1.29, 1.82) is 0 Å². The topological polar surface area (TPSA) is 163 Å². The van der Waals surface area contributed by atoms with Crippen LogP contribution in [0.15, 0.2) is 32.9 Å². The fourth-order valence-corrected chi connectivity index (χ4v) is 5.71. The molecule has 0 atom stereocenters. The summed E-state index contributed by atoms with van der Waals surface area (Å²) in [6.07, 6.45) is 3.43. The van der Waals surface area contributed by atoms with E-state index in [-0.39, 0.29) is 33.5 Å². The van der Waals surface area contributed by atoms with Crippen LogP contribution in [0, 0.1) is 5.92 Å². The third kappa shape index (κ3) is 5.27. The van der Waals surface area contributed by atoms with Gasteiger partial charge in [-0.25, -0.2) is 26.5 Å². The second-order valence-electron chi connectivity index (χ2n) is 9.07. The standard InChI is InChI=1S/C21H28N6O6S2/c1-13(2)8-11-27-21(29)17(18(28)20(23-27)26-9-4-5-10-26)19-22-15-7-6-14(24-34(3,30)31)12-16(15)35(32,33)25-19/h6-7,12-13,24,28H,4-5,8-11H2,1-3H3,(H,22,25). The molecule has 0 bridgehead atoms. The van der Waals surface area contributed by atoms with Crippen LogP contribution >= 0.6 is 0 Å². The minimum Gasteiger partial charge on any atom is -0.504 e. The van der Waals surface area contributed by atoms with Gasteiger partial charge in [-0.1, -0.05) is 13.8 Å². The first kappa shape index (κ1) is 25.0. The third-order valence-corrected chi connectivity index (χ3v) is 7.66. The molecule has 0 saturated carbocycles. The second kappa shape index (κ2) is 9.15. The Labute approximate surface area is 203 Å². The Morgan fingerprint density at radius 1 is 1.23 bits per heavy atom. The average Bonchev–Trinajstić information content (AvgIpc) is 3.27. The highest BCUT2D eigenvalue weighted by Gasteiger charge is 2.32. The van der Waals surface area contributed by atoms with Gasteiger partial charge in [0.05, 0.1) is 11.9 Å². The molecule has 0 radical (unpaired) electrons. The largest absolute Gasteiger partial charge is 0.504 e. The highest BCUT2D eigenvalue weighted by atomic mass is 32.2. The number of aryl methyl sites for hydroxylation is 1. The minimum absolute atomic E-state index is 0.00451. The molecule has 0 unspecified atom stereocenters. The van der Waals surface area contributed by atoms with Crippen LogP contribution in [-0.2, 0) is 26.6 Å². The van der Waals surface area contributed by atoms with Crippen molar-refractivity contribution in [3.05, 3.63) is 34.1 Å². The van der Waals surface area contributed by atoms with Gasteiger partial charge in [0.25, 0.3) is 15.6 Å². The van der Waals surface area contributed by atoms with Gasteiger partial charge in [0.15, 0.2) is 17.4 Å². The molecule has 0 aliphatic carbocycles. The number of benzene rings is 1. The number of sulfonamides is 2. The summed E-state index contributed by atoms with van der Waals surface area (Å²) >= 11 is 0. The first-order valence-corrected chi connectivity index (χ1v) is 14.6. The third-order valence-electron chi connectivity index (χ3n) is 5.69. The molecule has 1 saturated heterocycles. The summed E-state index contributed by atoms with van der Waals surface area (Å²) in [6, 6.07) is 3.84. The molecule has 2 aliphatic heterocycles. The number of fused-ring (bicyclic) bond motifs is 1. The lowest BCUT2D eigenvalue weighted by Gasteiger charge is -2.23. The maximum Gasteiger partial charge on any atom is 0.281 e. The highest BCUT2D eigenvalue weighted by Crippen LogP contribution is 2.34. The molecular weight excluding hydrogens is 496 g/mol. The maximum absolute atomic E-state index is 13.3. The lowest BCUT2D eigenvalue weighted by Crippen LogP contribution is -2.40. The van der Waals surface area contributed by atoms with Gasteiger partial charge in [-0.3, -0.25) is 14.2 Å². The van der Waals surface area contributed by atoms with E-state index in [1.165, 1.54) is 16.8 Å². The first-order valence-electron chi connectivity index (χ1n) is 11.2. The minimum atomic E-state index is -4.23. The van der Waals surface area contributed by atoms with Gasteiger partial charge in [0, 0.05) is 25.3 Å². The van der Waals surface area contributed by atoms with E-state index >= 15 is 0 Å². The molecular formula is C21H28N6O6S2. The summed E-state index contributed by atoms with van der Waals surface area (Å²) in [5.74, 6) is -0.243. The summed E-state index contributed by atoms with van der Waals surface area (Å²) in [5, 5.41) is 15.5. The van der Waals surface area contributed by atoms with Crippen molar-refractivity contribution in [1.82, 2.24) is 14.5 Å². The van der Waals surface area contributed by atoms with E-state index in [9.17, 15) is 26.7 Å². The van der Waals surface area contributed by atoms with Crippen LogP contribution in [-0.4, -0.2) is 56.9 Å². The van der Waals surface area contributed by atoms with E-state index in [1.807, 2.05) is 18.7 Å². The Balaban J connectivity index is 1.86. The summed E-state index contributed by atoms with van der Waals surface area (Å²) in [6.45, 7) is 5.62. The number of anilines is 2. The van der Waals surface area contributed by atoms with Crippen LogP contribution in [0.3, 0.4) is 0 Å². The number of aromatic hydroxyl groups is 1. The van der Waals surface area contributed by atoms with Crippen molar-refractivity contribution in [2.75, 3.05) is 29.0 Å². The molecule has 0 spiro atoms. The number of nitrogens with one attached hydrogen (secondary N) is 2. The van der Waals surface area contributed by atoms with Gasteiger partial charge in [-0.2, -0.15) is 0 Å². The predicted octanol–water partition coefficient (Wildman–Crippen LogP) is 1.34. The van der Waals surface area contributed by atoms with Crippen LogP contribution < -0.4 is 19.9 Å². The van der Waals surface area contributed by atoms with E-state index < -0.39 is 31.4 Å². The van der Waals surface area contributed by atoms with Crippen LogP contribution in [0.2, 0.25) is 0 Å². The number of hydrogen-bond donors (Lipinski definition) is 3. The Morgan fingerprint density at radius 3 is 2.54 bits per heavy atom. The highest BCUT2D eigenvalue weighted by molar-refractivity contribution is 7.92. The number of aromatic nitrogens is 2. The molecule has 14 heteroatoms. The van der Waals surface area contributed by atoms with Gasteiger partial charge < -0.3 is 10.0 Å². The summed E-state index contributed by atoms with van der Waals surface area (Å²) in [4.78, 5) is 19.2. The zero-order valence-electron chi connectivity index (χ0n) is 19.6. The van der Waals surface area contributed by atoms with E-state index in [1.54, 1.807) is 0 Å². The number of rotatable bonds is 7. The average molecular weight is 525 g/mol. The molecule has 2 aromatic rings. The van der Waals surface area contributed by atoms with Crippen molar-refractivity contribution in [3.63, 3.8) is 0 Å². The molecule has 190 valence electrons. The molecule has 2 aliphatic rings. The van der Waals surface area contributed by atoms with Gasteiger partial charge >= 0.3 is 0 Å². The summed E-state index contributed by atoms with van der Waals surface area (Å²) in [5.41, 5.74) is -0.885. The molecule has 3 N–H and O–H groups in total. The van der Waals surface area contributed by atoms with E-state index in [0.717, 1.165) is 25.2 Å². The van der Waals surface area contributed by atoms with Crippen molar-refractivity contribution in [2.24, 2.45) is 10.9 Å². The van der Waals surface area contributed by atoms with Crippen LogP contribution in [0.5, 0.6) is 5.75 Å². The van der Waals surface area contributed by atoms with Gasteiger partial charge in [-0.05, 0) is 43.4 Å². The van der Waals surface area contributed by atoms with Crippen LogP contribution in [0.1, 0.15) is 38.7 Å². The van der Waals surface area contributed by atoms with Crippen LogP contribution in [0.4, 0.5) is 17.2 Å². The SMILES string of the molecule is CC(C)CCn1nc(N2CCCC2)c(O)c(C2=Nc3ccc(NS(C)(=O)=O)cc3S(=O)(=O)N2)c1=O. The molecule has 4 rings (SSSR count). The molecule has 3 heterocycles. The van der Waals surface area contributed by atoms with Crippen molar-refractivity contribution >= 4 is 43.1 Å². The number of nitrogens with zero attached hydrogens (tertiary/aromatic N) is 4. The monoisotopic (exact) mass is 524 g/mol. The quantitative estimate of drug-likeness (QED) is 0.488. The Morgan fingerprint density at radius 2 is 1.91 bits per heavy atom. The molecule has 35 heavy (non-hydrogen) atoms. The molecule has 12 nitrogen and oxygen atoms in total. The fourth-order valence-electron chi connectivity index (χ4n) is 3.97. The first-order chi connectivity index (χ1) is 16.4. The number of amidine groups is 1. The summed E-state index contributed by atoms with van der Waals surface area (Å²) in [7, 11) is -7.86. The normalized spacial score (nSPS) is 17.1. The fraction of sp³-hybridized carbons (Fsp3) is 0.476. The van der Waals surface area contributed by atoms with Gasteiger partial charge in [0.2, 0.25) is 10.0 Å². The molecule has 0 amide bonds. The Hall–Kier alpha value is -3.13. The van der Waals surface area contributed by atoms with Gasteiger partial charge in [0.1, 0.15) is 10.5 Å². The molecule has 1 aromatic carbocycles.